The van der Waals surface area contributed by atoms with E-state index in [1.165, 1.54) is 5.56 Å². The van der Waals surface area contributed by atoms with Crippen LogP contribution in [0.1, 0.15) is 5.56 Å². The van der Waals surface area contributed by atoms with Crippen LogP contribution in [0.2, 0.25) is 0 Å². The van der Waals surface area contributed by atoms with Gasteiger partial charge in [-0.2, -0.15) is 0 Å². The highest BCUT2D eigenvalue weighted by molar-refractivity contribution is 5.75. The molecule has 2 aromatic carbocycles. The number of aromatic nitrogens is 1. The van der Waals surface area contributed by atoms with Crippen molar-refractivity contribution >= 4 is 11.1 Å². The molecule has 0 aliphatic carbocycles. The second-order valence-corrected chi connectivity index (χ2v) is 5.71. The van der Waals surface area contributed by atoms with Crippen molar-refractivity contribution in [1.29, 1.82) is 0 Å². The predicted molar refractivity (Wildman–Crippen MR) is 87.6 cm³/mol. The summed E-state index contributed by atoms with van der Waals surface area (Å²) >= 11 is 0. The summed E-state index contributed by atoms with van der Waals surface area (Å²) in [6, 6.07) is 16.4. The lowest BCUT2D eigenvalue weighted by Gasteiger charge is -2.27. The molecule has 4 heteroatoms. The zero-order valence-electron chi connectivity index (χ0n) is 12.5. The van der Waals surface area contributed by atoms with Gasteiger partial charge < -0.3 is 9.73 Å². The van der Waals surface area contributed by atoms with E-state index in [1.54, 1.807) is 0 Å². The number of benzene rings is 2. The van der Waals surface area contributed by atoms with E-state index in [0.717, 1.165) is 49.4 Å². The van der Waals surface area contributed by atoms with Gasteiger partial charge in [-0.15, -0.1) is 0 Å². The largest absolute Gasteiger partial charge is 0.436 e. The Morgan fingerprint density at radius 3 is 2.55 bits per heavy atom. The third-order valence-electron chi connectivity index (χ3n) is 4.11. The van der Waals surface area contributed by atoms with Gasteiger partial charge in [0.15, 0.2) is 5.58 Å². The molecule has 4 nitrogen and oxygen atoms in total. The summed E-state index contributed by atoms with van der Waals surface area (Å²) in [5.41, 5.74) is 4.10. The van der Waals surface area contributed by atoms with Gasteiger partial charge in [0.1, 0.15) is 5.52 Å². The SMILES string of the molecule is c1ccc2oc(-c3ccc(CN4CCNCC4)cc3)nc2c1. The van der Waals surface area contributed by atoms with Crippen molar-refractivity contribution in [3.05, 3.63) is 54.1 Å². The molecular formula is C18H19N3O. The minimum absolute atomic E-state index is 0.690. The Hall–Kier alpha value is -2.17. The quantitative estimate of drug-likeness (QED) is 0.806. The highest BCUT2D eigenvalue weighted by atomic mass is 16.3. The maximum Gasteiger partial charge on any atom is 0.227 e. The van der Waals surface area contributed by atoms with Crippen LogP contribution < -0.4 is 5.32 Å². The van der Waals surface area contributed by atoms with Crippen molar-refractivity contribution in [3.63, 3.8) is 0 Å². The van der Waals surface area contributed by atoms with Crippen LogP contribution >= 0.6 is 0 Å². The number of fused-ring (bicyclic) bond motifs is 1. The summed E-state index contributed by atoms with van der Waals surface area (Å²) in [5.74, 6) is 0.690. The normalized spacial score (nSPS) is 16.2. The number of hydrogen-bond acceptors (Lipinski definition) is 4. The molecule has 3 aromatic rings. The van der Waals surface area contributed by atoms with Crippen molar-refractivity contribution in [3.8, 4) is 11.5 Å². The lowest BCUT2D eigenvalue weighted by Crippen LogP contribution is -2.42. The Kier molecular flexibility index (Phi) is 3.62. The van der Waals surface area contributed by atoms with Crippen LogP contribution in [-0.4, -0.2) is 36.1 Å². The monoisotopic (exact) mass is 293 g/mol. The fraction of sp³-hybridized carbons (Fsp3) is 0.278. The first-order chi connectivity index (χ1) is 10.9. The van der Waals surface area contributed by atoms with E-state index >= 15 is 0 Å². The van der Waals surface area contributed by atoms with Gasteiger partial charge in [0.25, 0.3) is 0 Å². The zero-order valence-corrected chi connectivity index (χ0v) is 12.5. The molecule has 1 aliphatic heterocycles. The minimum Gasteiger partial charge on any atom is -0.436 e. The minimum atomic E-state index is 0.690. The first-order valence-corrected chi connectivity index (χ1v) is 7.76. The molecule has 0 unspecified atom stereocenters. The Labute approximate surface area is 129 Å². The summed E-state index contributed by atoms with van der Waals surface area (Å²) in [4.78, 5) is 7.02. The molecule has 1 N–H and O–H groups in total. The summed E-state index contributed by atoms with van der Waals surface area (Å²) in [7, 11) is 0. The van der Waals surface area contributed by atoms with Crippen molar-refractivity contribution in [2.45, 2.75) is 6.54 Å². The summed E-state index contributed by atoms with van der Waals surface area (Å²) in [5, 5.41) is 3.38. The van der Waals surface area contributed by atoms with E-state index in [2.05, 4.69) is 39.5 Å². The standard InChI is InChI=1S/C18H19N3O/c1-2-4-17-16(3-1)20-18(22-17)15-7-5-14(6-8-15)13-21-11-9-19-10-12-21/h1-8,19H,9-13H2. The molecule has 0 spiro atoms. The van der Waals surface area contributed by atoms with Crippen LogP contribution in [0, 0.1) is 0 Å². The van der Waals surface area contributed by atoms with E-state index in [4.69, 9.17) is 4.42 Å². The summed E-state index contributed by atoms with van der Waals surface area (Å²) in [6.07, 6.45) is 0. The number of piperazine rings is 1. The van der Waals surface area contributed by atoms with E-state index in [1.807, 2.05) is 24.3 Å². The number of hydrogen-bond donors (Lipinski definition) is 1. The summed E-state index contributed by atoms with van der Waals surface area (Å²) < 4.78 is 5.81. The van der Waals surface area contributed by atoms with Crippen LogP contribution in [0.5, 0.6) is 0 Å². The Morgan fingerprint density at radius 1 is 1.00 bits per heavy atom. The van der Waals surface area contributed by atoms with E-state index in [9.17, 15) is 0 Å². The van der Waals surface area contributed by atoms with Crippen LogP contribution in [0.4, 0.5) is 0 Å². The third-order valence-corrected chi connectivity index (χ3v) is 4.11. The third kappa shape index (κ3) is 2.75. The first-order valence-electron chi connectivity index (χ1n) is 7.76. The molecule has 0 radical (unpaired) electrons. The fourth-order valence-corrected chi connectivity index (χ4v) is 2.88. The molecule has 22 heavy (non-hydrogen) atoms. The number of oxazole rings is 1. The molecule has 4 rings (SSSR count). The zero-order chi connectivity index (χ0) is 14.8. The van der Waals surface area contributed by atoms with Crippen LogP contribution in [0.25, 0.3) is 22.6 Å². The van der Waals surface area contributed by atoms with Crippen molar-refractivity contribution in [2.75, 3.05) is 26.2 Å². The van der Waals surface area contributed by atoms with Gasteiger partial charge in [-0.3, -0.25) is 4.90 Å². The number of nitrogens with zero attached hydrogens (tertiary/aromatic N) is 2. The predicted octanol–water partition coefficient (Wildman–Crippen LogP) is 2.90. The lowest BCUT2D eigenvalue weighted by molar-refractivity contribution is 0.233. The smallest absolute Gasteiger partial charge is 0.227 e. The average molecular weight is 293 g/mol. The van der Waals surface area contributed by atoms with Gasteiger partial charge in [-0.05, 0) is 29.8 Å². The lowest BCUT2D eigenvalue weighted by atomic mass is 10.1. The first kappa shape index (κ1) is 13.5. The van der Waals surface area contributed by atoms with Gasteiger partial charge in [0.2, 0.25) is 5.89 Å². The van der Waals surface area contributed by atoms with E-state index < -0.39 is 0 Å². The second-order valence-electron chi connectivity index (χ2n) is 5.71. The van der Waals surface area contributed by atoms with Gasteiger partial charge in [0, 0.05) is 38.3 Å². The molecule has 0 bridgehead atoms. The van der Waals surface area contributed by atoms with Crippen LogP contribution in [0.3, 0.4) is 0 Å². The Morgan fingerprint density at radius 2 is 1.77 bits per heavy atom. The van der Waals surface area contributed by atoms with Crippen LogP contribution in [-0.2, 0) is 6.54 Å². The molecule has 2 heterocycles. The van der Waals surface area contributed by atoms with Crippen LogP contribution in [0.15, 0.2) is 52.9 Å². The molecule has 0 saturated carbocycles. The number of rotatable bonds is 3. The highest BCUT2D eigenvalue weighted by Crippen LogP contribution is 2.24. The van der Waals surface area contributed by atoms with E-state index in [-0.39, 0.29) is 0 Å². The number of nitrogens with one attached hydrogen (secondary N) is 1. The van der Waals surface area contributed by atoms with Gasteiger partial charge >= 0.3 is 0 Å². The topological polar surface area (TPSA) is 41.3 Å². The molecule has 0 amide bonds. The number of para-hydroxylation sites is 2. The second kappa shape index (κ2) is 5.91. The molecule has 1 aliphatic rings. The molecule has 0 atom stereocenters. The molecule has 1 saturated heterocycles. The fourth-order valence-electron chi connectivity index (χ4n) is 2.88. The molecular weight excluding hydrogens is 274 g/mol. The van der Waals surface area contributed by atoms with Gasteiger partial charge in [0.05, 0.1) is 0 Å². The molecule has 112 valence electrons. The van der Waals surface area contributed by atoms with Crippen molar-refractivity contribution in [2.24, 2.45) is 0 Å². The average Bonchev–Trinajstić information content (AvgIpc) is 3.00. The van der Waals surface area contributed by atoms with Gasteiger partial charge in [-0.25, -0.2) is 4.98 Å². The maximum absolute atomic E-state index is 5.81. The van der Waals surface area contributed by atoms with E-state index in [0.29, 0.717) is 5.89 Å². The molecule has 1 aromatic heterocycles. The van der Waals surface area contributed by atoms with Crippen molar-refractivity contribution < 1.29 is 4.42 Å². The van der Waals surface area contributed by atoms with Crippen molar-refractivity contribution in [1.82, 2.24) is 15.2 Å². The highest BCUT2D eigenvalue weighted by Gasteiger charge is 2.11. The van der Waals surface area contributed by atoms with Gasteiger partial charge in [-0.1, -0.05) is 24.3 Å². The maximum atomic E-state index is 5.81. The Bertz CT molecular complexity index is 724. The molecule has 1 fully saturated rings. The summed E-state index contributed by atoms with van der Waals surface area (Å²) in [6.45, 7) is 5.41. The Balaban J connectivity index is 1.53.